The third-order valence-electron chi connectivity index (χ3n) is 4.03. The van der Waals surface area contributed by atoms with Crippen molar-refractivity contribution in [2.45, 2.75) is 49.2 Å². The zero-order valence-corrected chi connectivity index (χ0v) is 13.5. The smallest absolute Gasteiger partial charge is 0.183 e. The number of anilines is 1. The Balaban J connectivity index is 2.31. The molecule has 0 amide bonds. The highest BCUT2D eigenvalue weighted by Crippen LogP contribution is 2.35. The van der Waals surface area contributed by atoms with E-state index >= 15 is 0 Å². The van der Waals surface area contributed by atoms with Gasteiger partial charge in [-0.2, -0.15) is 0 Å². The lowest BCUT2D eigenvalue weighted by Gasteiger charge is -2.28. The minimum Gasteiger partial charge on any atom is -0.398 e. The quantitative estimate of drug-likeness (QED) is 0.848. The van der Waals surface area contributed by atoms with Crippen LogP contribution >= 0.6 is 15.9 Å². The van der Waals surface area contributed by atoms with Crippen LogP contribution in [0.1, 0.15) is 39.0 Å². The van der Waals surface area contributed by atoms with Crippen molar-refractivity contribution in [2.75, 3.05) is 5.73 Å². The first-order valence-electron chi connectivity index (χ1n) is 6.74. The topological polar surface area (TPSA) is 60.2 Å². The lowest BCUT2D eigenvalue weighted by Crippen LogP contribution is -2.28. The van der Waals surface area contributed by atoms with Crippen LogP contribution in [0.3, 0.4) is 0 Å². The Morgan fingerprint density at radius 1 is 1.37 bits per heavy atom. The number of nitrogens with two attached hydrogens (primary N) is 1. The van der Waals surface area contributed by atoms with E-state index in [0.29, 0.717) is 11.6 Å². The van der Waals surface area contributed by atoms with Gasteiger partial charge in [0, 0.05) is 4.47 Å². The second-order valence-corrected chi connectivity index (χ2v) is 8.40. The van der Waals surface area contributed by atoms with Crippen molar-refractivity contribution in [1.82, 2.24) is 0 Å². The molecule has 0 bridgehead atoms. The van der Waals surface area contributed by atoms with Crippen LogP contribution in [0.25, 0.3) is 0 Å². The van der Waals surface area contributed by atoms with Gasteiger partial charge in [-0.3, -0.25) is 0 Å². The average Bonchev–Trinajstić information content (AvgIpc) is 2.38. The molecule has 5 heteroatoms. The molecule has 2 rings (SSSR count). The van der Waals surface area contributed by atoms with E-state index in [0.717, 1.165) is 36.6 Å². The van der Waals surface area contributed by atoms with E-state index in [9.17, 15) is 8.42 Å². The highest BCUT2D eigenvalue weighted by molar-refractivity contribution is 9.10. The zero-order valence-electron chi connectivity index (χ0n) is 11.1. The van der Waals surface area contributed by atoms with Crippen LogP contribution in [-0.2, 0) is 9.84 Å². The first-order chi connectivity index (χ1) is 8.95. The van der Waals surface area contributed by atoms with Gasteiger partial charge in [0.15, 0.2) is 9.84 Å². The minimum absolute atomic E-state index is 0.269. The van der Waals surface area contributed by atoms with Crippen molar-refractivity contribution in [3.63, 3.8) is 0 Å². The van der Waals surface area contributed by atoms with Crippen LogP contribution in [0.5, 0.6) is 0 Å². The summed E-state index contributed by atoms with van der Waals surface area (Å²) in [4.78, 5) is 0.289. The maximum Gasteiger partial charge on any atom is 0.183 e. The van der Waals surface area contributed by atoms with E-state index in [4.69, 9.17) is 5.73 Å². The fraction of sp³-hybridized carbons (Fsp3) is 0.571. The van der Waals surface area contributed by atoms with Crippen LogP contribution < -0.4 is 5.73 Å². The third kappa shape index (κ3) is 3.14. The van der Waals surface area contributed by atoms with Crippen molar-refractivity contribution in [3.05, 3.63) is 22.7 Å². The molecule has 0 spiro atoms. The fourth-order valence-electron chi connectivity index (χ4n) is 2.85. The SMILES string of the molecule is CCC1CCCC(S(=O)(=O)c2ccc(Br)cc2N)C1. The summed E-state index contributed by atoms with van der Waals surface area (Å²) in [6.07, 6.45) is 4.74. The summed E-state index contributed by atoms with van der Waals surface area (Å²) >= 11 is 3.30. The molecule has 0 saturated heterocycles. The molecule has 1 aromatic rings. The second-order valence-electron chi connectivity index (χ2n) is 5.29. The summed E-state index contributed by atoms with van der Waals surface area (Å²) in [7, 11) is -3.30. The fourth-order valence-corrected chi connectivity index (χ4v) is 5.24. The van der Waals surface area contributed by atoms with Crippen molar-refractivity contribution < 1.29 is 8.42 Å². The van der Waals surface area contributed by atoms with Crippen molar-refractivity contribution in [2.24, 2.45) is 5.92 Å². The Morgan fingerprint density at radius 2 is 2.11 bits per heavy atom. The van der Waals surface area contributed by atoms with E-state index in [1.54, 1.807) is 18.2 Å². The molecule has 1 aliphatic carbocycles. The van der Waals surface area contributed by atoms with Gasteiger partial charge in [-0.1, -0.05) is 42.1 Å². The van der Waals surface area contributed by atoms with E-state index < -0.39 is 9.84 Å². The molecule has 0 radical (unpaired) electrons. The predicted molar refractivity (Wildman–Crippen MR) is 81.8 cm³/mol. The molecule has 3 nitrogen and oxygen atoms in total. The Hall–Kier alpha value is -0.550. The molecule has 1 aliphatic rings. The van der Waals surface area contributed by atoms with Crippen molar-refractivity contribution in [3.8, 4) is 0 Å². The van der Waals surface area contributed by atoms with E-state index in [2.05, 4.69) is 22.9 Å². The summed E-state index contributed by atoms with van der Waals surface area (Å²) in [5.41, 5.74) is 6.21. The van der Waals surface area contributed by atoms with E-state index in [-0.39, 0.29) is 10.1 Å². The van der Waals surface area contributed by atoms with Crippen LogP contribution in [0.2, 0.25) is 0 Å². The third-order valence-corrected chi connectivity index (χ3v) is 6.81. The lowest BCUT2D eigenvalue weighted by atomic mass is 9.87. The van der Waals surface area contributed by atoms with Crippen molar-refractivity contribution in [1.29, 1.82) is 0 Å². The molecule has 1 aromatic carbocycles. The molecule has 0 heterocycles. The number of benzene rings is 1. The van der Waals surface area contributed by atoms with Crippen LogP contribution in [-0.4, -0.2) is 13.7 Å². The van der Waals surface area contributed by atoms with Gasteiger partial charge < -0.3 is 5.73 Å². The summed E-state index contributed by atoms with van der Waals surface area (Å²) < 4.78 is 26.2. The number of hydrogen-bond acceptors (Lipinski definition) is 3. The molecule has 2 unspecified atom stereocenters. The number of hydrogen-bond donors (Lipinski definition) is 1. The van der Waals surface area contributed by atoms with E-state index in [1.165, 1.54) is 0 Å². The number of nitrogen functional groups attached to an aromatic ring is 1. The molecule has 0 aliphatic heterocycles. The molecular weight excluding hydrogens is 326 g/mol. The first-order valence-corrected chi connectivity index (χ1v) is 9.08. The highest BCUT2D eigenvalue weighted by atomic mass is 79.9. The second kappa shape index (κ2) is 5.83. The van der Waals surface area contributed by atoms with Gasteiger partial charge in [0.1, 0.15) is 0 Å². The summed E-state index contributed by atoms with van der Waals surface area (Å²) in [5, 5.41) is -0.269. The van der Waals surface area contributed by atoms with Gasteiger partial charge in [0.05, 0.1) is 15.8 Å². The zero-order chi connectivity index (χ0) is 14.0. The van der Waals surface area contributed by atoms with Gasteiger partial charge in [-0.15, -0.1) is 0 Å². The molecule has 2 atom stereocenters. The van der Waals surface area contributed by atoms with Crippen LogP contribution in [0.4, 0.5) is 5.69 Å². The molecule has 106 valence electrons. The first kappa shape index (κ1) is 14.9. The van der Waals surface area contributed by atoms with Crippen molar-refractivity contribution >= 4 is 31.5 Å². The van der Waals surface area contributed by atoms with Gasteiger partial charge in [0.2, 0.25) is 0 Å². The van der Waals surface area contributed by atoms with E-state index in [1.807, 2.05) is 0 Å². The number of halogens is 1. The lowest BCUT2D eigenvalue weighted by molar-refractivity contribution is 0.348. The molecule has 0 aromatic heterocycles. The Labute approximate surface area is 123 Å². The maximum absolute atomic E-state index is 12.7. The number of sulfone groups is 1. The molecule has 19 heavy (non-hydrogen) atoms. The molecule has 1 saturated carbocycles. The summed E-state index contributed by atoms with van der Waals surface area (Å²) in [6, 6.07) is 5.01. The monoisotopic (exact) mass is 345 g/mol. The average molecular weight is 346 g/mol. The van der Waals surface area contributed by atoms with Gasteiger partial charge in [-0.25, -0.2) is 8.42 Å². The largest absolute Gasteiger partial charge is 0.398 e. The minimum atomic E-state index is -3.30. The Kier molecular flexibility index (Phi) is 4.56. The predicted octanol–water partition coefficient (Wildman–Crippen LogP) is 3.77. The molecule has 1 fully saturated rings. The summed E-state index contributed by atoms with van der Waals surface area (Å²) in [5.74, 6) is 0.533. The standard InChI is InChI=1S/C14H20BrNO2S/c1-2-10-4-3-5-12(8-10)19(17,18)14-7-6-11(15)9-13(14)16/h6-7,9-10,12H,2-5,8,16H2,1H3. The molecular formula is C14H20BrNO2S. The molecule has 2 N–H and O–H groups in total. The number of rotatable bonds is 3. The van der Waals surface area contributed by atoms with Gasteiger partial charge in [-0.05, 0) is 37.0 Å². The van der Waals surface area contributed by atoms with Gasteiger partial charge >= 0.3 is 0 Å². The van der Waals surface area contributed by atoms with Crippen LogP contribution in [0.15, 0.2) is 27.6 Å². The highest BCUT2D eigenvalue weighted by Gasteiger charge is 2.33. The maximum atomic E-state index is 12.7. The van der Waals surface area contributed by atoms with Gasteiger partial charge in [0.25, 0.3) is 0 Å². The Morgan fingerprint density at radius 3 is 2.74 bits per heavy atom. The Bertz CT molecular complexity index is 557. The van der Waals surface area contributed by atoms with Crippen LogP contribution in [0, 0.1) is 5.92 Å². The summed E-state index contributed by atoms with van der Waals surface area (Å²) in [6.45, 7) is 2.13. The normalized spacial score (nSPS) is 24.3.